The number of benzene rings is 1. The summed E-state index contributed by atoms with van der Waals surface area (Å²) in [5, 5.41) is 2.85. The van der Waals surface area contributed by atoms with Gasteiger partial charge < -0.3 is 19.7 Å². The van der Waals surface area contributed by atoms with Gasteiger partial charge in [0.05, 0.1) is 13.7 Å². The van der Waals surface area contributed by atoms with E-state index in [0.29, 0.717) is 23.6 Å². The number of likely N-dealkylation sites (N-methyl/N-ethyl adjacent to an activating group) is 2. The molecule has 0 saturated carbocycles. The molecule has 0 amide bonds. The predicted octanol–water partition coefficient (Wildman–Crippen LogP) is 1.18. The number of nitrogens with one attached hydrogen (secondary N) is 1. The van der Waals surface area contributed by atoms with Crippen LogP contribution in [0.5, 0.6) is 11.5 Å². The molecular weight excluding hydrogens is 256 g/mol. The molecule has 1 aromatic carbocycles. The number of nitrogens with zero attached hydrogens (tertiary/aromatic N) is 1. The fraction of sp³-hybridized carbons (Fsp3) is 0.533. The first-order chi connectivity index (χ1) is 9.63. The predicted molar refractivity (Wildman–Crippen MR) is 77.8 cm³/mol. The summed E-state index contributed by atoms with van der Waals surface area (Å²) in [5.41, 5.74) is 0.632. The summed E-state index contributed by atoms with van der Waals surface area (Å²) in [4.78, 5) is 14.1. The van der Waals surface area contributed by atoms with Crippen LogP contribution in [0.4, 0.5) is 0 Å². The third kappa shape index (κ3) is 3.49. The molecule has 1 aliphatic rings. The van der Waals surface area contributed by atoms with Crippen molar-refractivity contribution in [1.82, 2.24) is 10.2 Å². The molecule has 1 unspecified atom stereocenters. The number of Topliss-reactive ketones (excluding diaryl/α,β-unsaturated/α-hetero) is 1. The summed E-state index contributed by atoms with van der Waals surface area (Å²) in [6.45, 7) is 2.28. The van der Waals surface area contributed by atoms with Gasteiger partial charge in [-0.15, -0.1) is 0 Å². The molecule has 0 radical (unpaired) electrons. The Hall–Kier alpha value is -1.59. The van der Waals surface area contributed by atoms with Crippen molar-refractivity contribution < 1.29 is 14.3 Å². The first kappa shape index (κ1) is 14.8. The van der Waals surface area contributed by atoms with Crippen LogP contribution in [0.1, 0.15) is 16.8 Å². The molecule has 5 nitrogen and oxygen atoms in total. The second-order valence-electron chi connectivity index (χ2n) is 5.11. The Bertz CT molecular complexity index is 476. The maximum atomic E-state index is 11.8. The minimum Gasteiger partial charge on any atom is -0.493 e. The summed E-state index contributed by atoms with van der Waals surface area (Å²) in [6, 6.07) is 5.35. The highest BCUT2D eigenvalue weighted by Crippen LogP contribution is 2.30. The molecule has 1 heterocycles. The maximum absolute atomic E-state index is 11.8. The highest BCUT2D eigenvalue weighted by atomic mass is 16.5. The van der Waals surface area contributed by atoms with Crippen LogP contribution in [0.3, 0.4) is 0 Å². The van der Waals surface area contributed by atoms with Crippen molar-refractivity contribution >= 4 is 5.78 Å². The number of likely N-dealkylation sites (tertiary alicyclic amines) is 1. The van der Waals surface area contributed by atoms with Crippen molar-refractivity contribution in [3.05, 3.63) is 23.8 Å². The molecule has 1 fully saturated rings. The van der Waals surface area contributed by atoms with E-state index in [-0.39, 0.29) is 11.9 Å². The fourth-order valence-electron chi connectivity index (χ4n) is 2.37. The second-order valence-corrected chi connectivity index (χ2v) is 5.11. The second kappa shape index (κ2) is 6.72. The average molecular weight is 278 g/mol. The van der Waals surface area contributed by atoms with Crippen LogP contribution < -0.4 is 14.8 Å². The van der Waals surface area contributed by atoms with Crippen LogP contribution in [-0.2, 0) is 0 Å². The molecule has 0 bridgehead atoms. The number of methoxy groups -OCH3 is 1. The van der Waals surface area contributed by atoms with Crippen molar-refractivity contribution in [3.63, 3.8) is 0 Å². The van der Waals surface area contributed by atoms with Gasteiger partial charge in [-0.3, -0.25) is 4.79 Å². The Kier molecular flexibility index (Phi) is 4.98. The van der Waals surface area contributed by atoms with Crippen molar-refractivity contribution in [2.24, 2.45) is 0 Å². The smallest absolute Gasteiger partial charge is 0.176 e. The zero-order valence-corrected chi connectivity index (χ0v) is 12.3. The molecule has 110 valence electrons. The van der Waals surface area contributed by atoms with Crippen LogP contribution in [0, 0.1) is 0 Å². The summed E-state index contributed by atoms with van der Waals surface area (Å²) < 4.78 is 11.3. The average Bonchev–Trinajstić information content (AvgIpc) is 2.85. The summed E-state index contributed by atoms with van der Waals surface area (Å²) >= 11 is 0. The molecule has 1 aliphatic heterocycles. The number of rotatable bonds is 6. The van der Waals surface area contributed by atoms with Crippen molar-refractivity contribution in [2.45, 2.75) is 12.5 Å². The van der Waals surface area contributed by atoms with E-state index in [0.717, 1.165) is 19.5 Å². The van der Waals surface area contributed by atoms with Crippen LogP contribution >= 0.6 is 0 Å². The van der Waals surface area contributed by atoms with E-state index >= 15 is 0 Å². The van der Waals surface area contributed by atoms with E-state index in [1.54, 1.807) is 26.3 Å². The number of ether oxygens (including phenoxy) is 2. The molecular formula is C15H22N2O3. The largest absolute Gasteiger partial charge is 0.493 e. The summed E-state index contributed by atoms with van der Waals surface area (Å²) in [6.07, 6.45) is 1.20. The Balaban J connectivity index is 2.11. The van der Waals surface area contributed by atoms with Crippen molar-refractivity contribution in [1.29, 1.82) is 0 Å². The Morgan fingerprint density at radius 1 is 1.45 bits per heavy atom. The Morgan fingerprint density at radius 2 is 2.25 bits per heavy atom. The lowest BCUT2D eigenvalue weighted by atomic mass is 10.1. The molecule has 2 rings (SSSR count). The number of hydrogen-bond donors (Lipinski definition) is 1. The topological polar surface area (TPSA) is 50.8 Å². The van der Waals surface area contributed by atoms with Crippen LogP contribution in [-0.4, -0.2) is 57.6 Å². The van der Waals surface area contributed by atoms with E-state index in [4.69, 9.17) is 9.47 Å². The van der Waals surface area contributed by atoms with Gasteiger partial charge in [0.2, 0.25) is 0 Å². The first-order valence-electron chi connectivity index (χ1n) is 6.85. The van der Waals surface area contributed by atoms with E-state index in [2.05, 4.69) is 17.3 Å². The van der Waals surface area contributed by atoms with Gasteiger partial charge in [-0.1, -0.05) is 0 Å². The molecule has 1 N–H and O–H groups in total. The van der Waals surface area contributed by atoms with Crippen LogP contribution in [0.2, 0.25) is 0 Å². The minimum absolute atomic E-state index is 0.0398. The van der Waals surface area contributed by atoms with Gasteiger partial charge in [-0.2, -0.15) is 0 Å². The molecule has 0 aromatic heterocycles. The molecule has 0 spiro atoms. The molecule has 20 heavy (non-hydrogen) atoms. The highest BCUT2D eigenvalue weighted by molar-refractivity contribution is 5.98. The van der Waals surface area contributed by atoms with Gasteiger partial charge >= 0.3 is 0 Å². The van der Waals surface area contributed by atoms with Gasteiger partial charge in [0.15, 0.2) is 17.3 Å². The standard InChI is InChI=1S/C15H22N2O3/c1-16-9-13(18)11-4-5-14(15(8-11)19-3)20-12-6-7-17(2)10-12/h4-5,8,12,16H,6-7,9-10H2,1-3H3. The number of carbonyl (C=O) groups excluding carboxylic acids is 1. The molecule has 1 aromatic rings. The van der Waals surface area contributed by atoms with Crippen molar-refractivity contribution in [2.75, 3.05) is 40.8 Å². The molecule has 1 atom stereocenters. The van der Waals surface area contributed by atoms with Gasteiger partial charge in [0.25, 0.3) is 0 Å². The van der Waals surface area contributed by atoms with E-state index in [1.165, 1.54) is 0 Å². The van der Waals surface area contributed by atoms with Crippen LogP contribution in [0.25, 0.3) is 0 Å². The fourth-order valence-corrected chi connectivity index (χ4v) is 2.37. The zero-order chi connectivity index (χ0) is 14.5. The van der Waals surface area contributed by atoms with Crippen LogP contribution in [0.15, 0.2) is 18.2 Å². The monoisotopic (exact) mass is 278 g/mol. The highest BCUT2D eigenvalue weighted by Gasteiger charge is 2.22. The lowest BCUT2D eigenvalue weighted by Gasteiger charge is -2.16. The van der Waals surface area contributed by atoms with Gasteiger partial charge in [0.1, 0.15) is 6.10 Å². The number of ketones is 1. The summed E-state index contributed by atoms with van der Waals surface area (Å²) in [7, 11) is 5.43. The maximum Gasteiger partial charge on any atom is 0.176 e. The quantitative estimate of drug-likeness (QED) is 0.792. The van der Waals surface area contributed by atoms with E-state index < -0.39 is 0 Å². The van der Waals surface area contributed by atoms with Gasteiger partial charge in [0, 0.05) is 18.7 Å². The molecule has 5 heteroatoms. The van der Waals surface area contributed by atoms with Gasteiger partial charge in [-0.05, 0) is 38.7 Å². The van der Waals surface area contributed by atoms with E-state index in [9.17, 15) is 4.79 Å². The minimum atomic E-state index is 0.0398. The SMILES string of the molecule is CNCC(=O)c1ccc(OC2CCN(C)C2)c(OC)c1. The molecule has 0 aliphatic carbocycles. The zero-order valence-electron chi connectivity index (χ0n) is 12.3. The summed E-state index contributed by atoms with van der Waals surface area (Å²) in [5.74, 6) is 1.35. The van der Waals surface area contributed by atoms with Gasteiger partial charge in [-0.25, -0.2) is 0 Å². The first-order valence-corrected chi connectivity index (χ1v) is 6.85. The third-order valence-corrected chi connectivity index (χ3v) is 3.46. The lowest BCUT2D eigenvalue weighted by molar-refractivity contribution is 0.0993. The van der Waals surface area contributed by atoms with E-state index in [1.807, 2.05) is 6.07 Å². The van der Waals surface area contributed by atoms with Crippen molar-refractivity contribution in [3.8, 4) is 11.5 Å². The number of hydrogen-bond acceptors (Lipinski definition) is 5. The third-order valence-electron chi connectivity index (χ3n) is 3.46. The Labute approximate surface area is 119 Å². The lowest BCUT2D eigenvalue weighted by Crippen LogP contribution is -2.22. The Morgan fingerprint density at radius 3 is 2.85 bits per heavy atom. The number of carbonyl (C=O) groups is 1. The normalized spacial score (nSPS) is 19.1. The molecule has 1 saturated heterocycles.